The molecule has 8 heteroatoms. The summed E-state index contributed by atoms with van der Waals surface area (Å²) in [4.78, 5) is 11.0. The molecular weight excluding hydrogens is 258 g/mol. The van der Waals surface area contributed by atoms with Crippen molar-refractivity contribution in [2.24, 2.45) is 0 Å². The van der Waals surface area contributed by atoms with Crippen molar-refractivity contribution < 1.29 is 17.9 Å². The maximum atomic E-state index is 11.9. The molecule has 3 N–H and O–H groups in total. The molecule has 0 heterocycles. The normalized spacial score (nSPS) is 10.8. The second-order valence-electron chi connectivity index (χ2n) is 3.36. The largest absolute Gasteiger partial charge is 0.452 e. The van der Waals surface area contributed by atoms with Crippen LogP contribution in [0.4, 0.5) is 16.2 Å². The van der Waals surface area contributed by atoms with E-state index in [1.807, 2.05) is 0 Å². The molecule has 0 saturated carbocycles. The summed E-state index contributed by atoms with van der Waals surface area (Å²) in [6.07, 6.45) is -1.04. The van der Waals surface area contributed by atoms with Crippen LogP contribution in [-0.4, -0.2) is 28.2 Å². The molecule has 0 aromatic heterocycles. The molecule has 1 aromatic rings. The summed E-state index contributed by atoms with van der Waals surface area (Å²) in [5.41, 5.74) is 6.39. The molecule has 0 radical (unpaired) electrons. The lowest BCUT2D eigenvalue weighted by Crippen LogP contribution is -2.43. The highest BCUT2D eigenvalue weighted by molar-refractivity contribution is 7.91. The minimum Gasteiger partial charge on any atom is -0.452 e. The van der Waals surface area contributed by atoms with Gasteiger partial charge < -0.3 is 10.5 Å². The van der Waals surface area contributed by atoms with Gasteiger partial charge in [0.05, 0.1) is 12.8 Å². The second-order valence-corrected chi connectivity index (χ2v) is 4.95. The van der Waals surface area contributed by atoms with Gasteiger partial charge in [-0.15, -0.1) is 0 Å². The molecule has 0 fully saturated rings. The van der Waals surface area contributed by atoms with E-state index in [-0.39, 0.29) is 6.54 Å². The first-order valence-corrected chi connectivity index (χ1v) is 6.58. The Hall–Kier alpha value is -1.96. The number of nitrogen functional groups attached to an aromatic ring is 1. The van der Waals surface area contributed by atoms with Gasteiger partial charge in [-0.3, -0.25) is 4.31 Å². The maximum absolute atomic E-state index is 11.9. The lowest BCUT2D eigenvalue weighted by molar-refractivity contribution is 0.177. The number of methoxy groups -OCH3 is 1. The lowest BCUT2D eigenvalue weighted by atomic mass is 10.3. The van der Waals surface area contributed by atoms with Gasteiger partial charge in [0, 0.05) is 12.2 Å². The predicted molar refractivity (Wildman–Crippen MR) is 68.3 cm³/mol. The Balaban J connectivity index is 3.06. The highest BCUT2D eigenvalue weighted by Crippen LogP contribution is 2.19. The standard InChI is InChI=1S/C10H15N3O4S/c1-3-13(9-6-4-5-8(11)7-9)18(15,16)12-10(14)17-2/h4-7H,3,11H2,1-2H3,(H,12,14). The van der Waals surface area contributed by atoms with Gasteiger partial charge in [0.2, 0.25) is 0 Å². The monoisotopic (exact) mass is 273 g/mol. The highest BCUT2D eigenvalue weighted by Gasteiger charge is 2.23. The number of hydrogen-bond donors (Lipinski definition) is 2. The first kappa shape index (κ1) is 14.1. The number of carbonyl (C=O) groups is 1. The molecule has 0 spiro atoms. The van der Waals surface area contributed by atoms with Crippen molar-refractivity contribution in [3.63, 3.8) is 0 Å². The van der Waals surface area contributed by atoms with E-state index in [2.05, 4.69) is 4.74 Å². The van der Waals surface area contributed by atoms with Gasteiger partial charge in [0.1, 0.15) is 0 Å². The van der Waals surface area contributed by atoms with Crippen LogP contribution in [0.15, 0.2) is 24.3 Å². The maximum Gasteiger partial charge on any atom is 0.422 e. The fourth-order valence-electron chi connectivity index (χ4n) is 1.37. The van der Waals surface area contributed by atoms with Gasteiger partial charge in [-0.05, 0) is 25.1 Å². The average molecular weight is 273 g/mol. The lowest BCUT2D eigenvalue weighted by Gasteiger charge is -2.22. The van der Waals surface area contributed by atoms with Crippen molar-refractivity contribution in [1.82, 2.24) is 4.72 Å². The van der Waals surface area contributed by atoms with Crippen LogP contribution in [0.3, 0.4) is 0 Å². The molecule has 0 unspecified atom stereocenters. The Bertz CT molecular complexity index is 530. The summed E-state index contributed by atoms with van der Waals surface area (Å²) >= 11 is 0. The molecule has 0 atom stereocenters. The molecule has 0 saturated heterocycles. The van der Waals surface area contributed by atoms with Gasteiger partial charge in [0.25, 0.3) is 0 Å². The Labute approximate surface area is 106 Å². The number of nitrogens with one attached hydrogen (secondary N) is 1. The average Bonchev–Trinajstić information content (AvgIpc) is 2.28. The van der Waals surface area contributed by atoms with E-state index in [9.17, 15) is 13.2 Å². The molecule has 0 aliphatic heterocycles. The Morgan fingerprint density at radius 2 is 2.17 bits per heavy atom. The van der Waals surface area contributed by atoms with E-state index in [1.165, 1.54) is 6.07 Å². The van der Waals surface area contributed by atoms with Gasteiger partial charge in [-0.2, -0.15) is 8.42 Å². The quantitative estimate of drug-likeness (QED) is 0.786. The molecule has 1 aromatic carbocycles. The predicted octanol–water partition coefficient (Wildman–Crippen LogP) is 0.696. The van der Waals surface area contributed by atoms with Crippen LogP contribution < -0.4 is 14.8 Å². The highest BCUT2D eigenvalue weighted by atomic mass is 32.2. The van der Waals surface area contributed by atoms with Gasteiger partial charge in [-0.1, -0.05) is 6.07 Å². The molecule has 1 rings (SSSR count). The third-order valence-corrected chi connectivity index (χ3v) is 3.61. The molecule has 0 aliphatic carbocycles. The zero-order chi connectivity index (χ0) is 13.8. The van der Waals surface area contributed by atoms with Gasteiger partial charge in [-0.25, -0.2) is 9.52 Å². The van der Waals surface area contributed by atoms with Gasteiger partial charge >= 0.3 is 16.3 Å². The van der Waals surface area contributed by atoms with E-state index >= 15 is 0 Å². The smallest absolute Gasteiger partial charge is 0.422 e. The number of hydrogen-bond acceptors (Lipinski definition) is 5. The molecular formula is C10H15N3O4S. The summed E-state index contributed by atoms with van der Waals surface area (Å²) in [7, 11) is -2.92. The van der Waals surface area contributed by atoms with E-state index in [1.54, 1.807) is 29.8 Å². The van der Waals surface area contributed by atoms with Crippen LogP contribution >= 0.6 is 0 Å². The minimum atomic E-state index is -4.00. The van der Waals surface area contributed by atoms with Crippen molar-refractivity contribution in [3.8, 4) is 0 Å². The molecule has 1 amide bonds. The van der Waals surface area contributed by atoms with E-state index in [0.717, 1.165) is 11.4 Å². The van der Waals surface area contributed by atoms with E-state index < -0.39 is 16.3 Å². The molecule has 7 nitrogen and oxygen atoms in total. The van der Waals surface area contributed by atoms with E-state index in [4.69, 9.17) is 5.73 Å². The van der Waals surface area contributed by atoms with Crippen molar-refractivity contribution >= 4 is 27.7 Å². The first-order chi connectivity index (χ1) is 8.40. The summed E-state index contributed by atoms with van der Waals surface area (Å²) in [5, 5.41) is 0. The van der Waals surface area contributed by atoms with E-state index in [0.29, 0.717) is 11.4 Å². The Morgan fingerprint density at radius 3 is 2.67 bits per heavy atom. The summed E-state index contributed by atoms with van der Waals surface area (Å²) in [6.45, 7) is 1.79. The number of anilines is 2. The number of nitrogens with zero attached hydrogens (tertiary/aromatic N) is 1. The summed E-state index contributed by atoms with van der Waals surface area (Å²) in [5.74, 6) is 0. The van der Waals surface area contributed by atoms with Crippen LogP contribution in [0, 0.1) is 0 Å². The van der Waals surface area contributed by atoms with Crippen molar-refractivity contribution in [2.45, 2.75) is 6.92 Å². The molecule has 18 heavy (non-hydrogen) atoms. The summed E-state index contributed by atoms with van der Waals surface area (Å²) < 4.78 is 30.9. The Kier molecular flexibility index (Phi) is 4.38. The van der Waals surface area contributed by atoms with Crippen LogP contribution in [0.25, 0.3) is 0 Å². The van der Waals surface area contributed by atoms with Crippen molar-refractivity contribution in [3.05, 3.63) is 24.3 Å². The fraction of sp³-hybridized carbons (Fsp3) is 0.300. The SMILES string of the molecule is CCN(c1cccc(N)c1)S(=O)(=O)NC(=O)OC. The number of carbonyl (C=O) groups excluding carboxylic acids is 1. The van der Waals surface area contributed by atoms with Crippen LogP contribution in [-0.2, 0) is 14.9 Å². The van der Waals surface area contributed by atoms with Crippen LogP contribution in [0.1, 0.15) is 6.92 Å². The third-order valence-electron chi connectivity index (χ3n) is 2.13. The van der Waals surface area contributed by atoms with Crippen LogP contribution in [0.2, 0.25) is 0 Å². The number of benzene rings is 1. The fourth-order valence-corrected chi connectivity index (χ4v) is 2.51. The Morgan fingerprint density at radius 1 is 1.50 bits per heavy atom. The number of amides is 1. The number of ether oxygens (including phenoxy) is 1. The molecule has 0 aliphatic rings. The van der Waals surface area contributed by atoms with Crippen molar-refractivity contribution in [2.75, 3.05) is 23.7 Å². The molecule has 100 valence electrons. The zero-order valence-electron chi connectivity index (χ0n) is 10.1. The third kappa shape index (κ3) is 3.27. The van der Waals surface area contributed by atoms with Crippen molar-refractivity contribution in [1.29, 1.82) is 0 Å². The second kappa shape index (κ2) is 5.58. The van der Waals surface area contributed by atoms with Crippen LogP contribution in [0.5, 0.6) is 0 Å². The molecule has 0 bridgehead atoms. The minimum absolute atomic E-state index is 0.149. The van der Waals surface area contributed by atoms with Gasteiger partial charge in [0.15, 0.2) is 0 Å². The first-order valence-electron chi connectivity index (χ1n) is 5.14. The topological polar surface area (TPSA) is 102 Å². The number of rotatable bonds is 4. The zero-order valence-corrected chi connectivity index (χ0v) is 10.9. The summed E-state index contributed by atoms with van der Waals surface area (Å²) in [6, 6.07) is 6.34. The number of nitrogens with two attached hydrogens (primary N) is 1.